The first-order valence-corrected chi connectivity index (χ1v) is 1.84. The van der Waals surface area contributed by atoms with Gasteiger partial charge in [0.2, 0.25) is 0 Å². The van der Waals surface area contributed by atoms with Crippen LogP contribution >= 0.6 is 0 Å². The van der Waals surface area contributed by atoms with E-state index in [0.29, 0.717) is 0 Å². The van der Waals surface area contributed by atoms with E-state index >= 15 is 0 Å². The summed E-state index contributed by atoms with van der Waals surface area (Å²) in [5.41, 5.74) is 0. The van der Waals surface area contributed by atoms with Gasteiger partial charge in [0.1, 0.15) is 0 Å². The van der Waals surface area contributed by atoms with Gasteiger partial charge in [-0.3, -0.25) is 0 Å². The molecule has 0 bridgehead atoms. The molecule has 12 N–H and O–H groups in total. The Labute approximate surface area is 85.7 Å². The molecular weight excluding hydrogens is 195 g/mol. The van der Waals surface area contributed by atoms with E-state index in [4.69, 9.17) is 14.1 Å². The molecule has 11 heteroatoms. The Balaban J connectivity index is -0.00000000214. The van der Waals surface area contributed by atoms with Crippen LogP contribution in [0.4, 0.5) is 0 Å². The molecule has 0 aliphatic heterocycles. The molecule has 0 atom stereocenters. The zero-order valence-electron chi connectivity index (χ0n) is 5.72. The van der Waals surface area contributed by atoms with Gasteiger partial charge in [-0.15, -0.1) is 0 Å². The van der Waals surface area contributed by atoms with Crippen molar-refractivity contribution in [2.45, 2.75) is 0 Å². The summed E-state index contributed by atoms with van der Waals surface area (Å²) in [6, 6.07) is 0. The van der Waals surface area contributed by atoms with Crippen molar-refractivity contribution in [1.82, 2.24) is 0 Å². The zero-order valence-corrected chi connectivity index (χ0v) is 8.72. The molecule has 0 fully saturated rings. The summed E-state index contributed by atoms with van der Waals surface area (Å²) in [7, 11) is -3.63. The Morgan fingerprint density at radius 1 is 0.727 bits per heavy atom. The third-order valence-electron chi connectivity index (χ3n) is 0. The molecule has 0 aromatic carbocycles. The van der Waals surface area contributed by atoms with Gasteiger partial charge in [0.05, 0.1) is 0 Å². The van der Waals surface area contributed by atoms with Gasteiger partial charge in [0.15, 0.2) is 0 Å². The second-order valence-electron chi connectivity index (χ2n) is 0.250. The molecule has 0 aliphatic carbocycles. The number of hydrogen-bond acceptors (Lipinski definition) is 3. The monoisotopic (exact) mass is 207 g/mol. The summed E-state index contributed by atoms with van der Waals surface area (Å²) in [5.74, 6) is 0. The van der Waals surface area contributed by atoms with E-state index in [1.807, 2.05) is 0 Å². The van der Waals surface area contributed by atoms with Crippen molar-refractivity contribution >= 4 is 9.17 Å². The van der Waals surface area contributed by atoms with Crippen molar-refractivity contribution in [1.29, 1.82) is 0 Å². The van der Waals surface area contributed by atoms with Gasteiger partial charge in [-0.25, -0.2) is 0 Å². The van der Waals surface area contributed by atoms with Crippen LogP contribution in [0.1, 0.15) is 0 Å². The average Bonchev–Trinajstić information content (AvgIpc) is 0.811. The van der Waals surface area contributed by atoms with Gasteiger partial charge in [0, 0.05) is 9.17 Å². The van der Waals surface area contributed by atoms with Crippen molar-refractivity contribution in [3.63, 3.8) is 0 Å². The van der Waals surface area contributed by atoms with Gasteiger partial charge < -0.3 is 46.9 Å². The molecule has 0 rings (SSSR count). The maximum absolute atomic E-state index is 8.52. The largest absolute Gasteiger partial charge is 1.00 e. The van der Waals surface area contributed by atoms with Crippen LogP contribution in [0.2, 0.25) is 0 Å². The number of rotatable bonds is 0. The van der Waals surface area contributed by atoms with Crippen molar-refractivity contribution in [2.75, 3.05) is 0 Å². The Morgan fingerprint density at radius 2 is 0.727 bits per heavy atom. The fraction of sp³-hybridized carbons (Fsp3) is 0. The summed E-state index contributed by atoms with van der Waals surface area (Å²) in [4.78, 5) is 17.0. The van der Waals surface area contributed by atoms with Crippen LogP contribution in [0.3, 0.4) is 0 Å². The minimum absolute atomic E-state index is 0. The van der Waals surface area contributed by atoms with Crippen LogP contribution < -0.4 is 39.1 Å². The smallest absolute Gasteiger partial charge is 0.672 e. The Hall–Kier alpha value is 0.377. The molecule has 0 saturated carbocycles. The van der Waals surface area contributed by atoms with E-state index in [-0.39, 0.29) is 62.4 Å². The summed E-state index contributed by atoms with van der Waals surface area (Å²) >= 11 is 0. The first-order valence-electron chi connectivity index (χ1n) is 0.612. The average molecular weight is 207 g/mol. The second kappa shape index (κ2) is 80.0. The molecule has 0 aromatic heterocycles. The summed E-state index contributed by atoms with van der Waals surface area (Å²) in [6.45, 7) is 0. The van der Waals surface area contributed by atoms with Crippen molar-refractivity contribution < 1.29 is 76.5 Å². The molecule has 0 heterocycles. The molecule has 0 aromatic rings. The van der Waals surface area contributed by atoms with Crippen molar-refractivity contribution in [3.8, 4) is 0 Å². The van der Waals surface area contributed by atoms with Crippen molar-refractivity contribution in [2.24, 2.45) is 0 Å². The van der Waals surface area contributed by atoms with E-state index in [1.54, 1.807) is 0 Å². The Kier molecular flexibility index (Phi) is 781. The minimum Gasteiger partial charge on any atom is -0.672 e. The molecule has 11 heavy (non-hydrogen) atoms. The minimum atomic E-state index is -3.63. The molecule has 72 valence electrons. The first kappa shape index (κ1) is 107. The van der Waals surface area contributed by atoms with Crippen LogP contribution in [0.5, 0.6) is 0 Å². The van der Waals surface area contributed by atoms with Crippen LogP contribution in [0, 0.1) is 0 Å². The van der Waals surface area contributed by atoms with E-state index in [2.05, 4.69) is 0 Å². The maximum atomic E-state index is 8.52. The molecular formula is H12NaO9Si-. The normalized spacial score (nSPS) is 2.18. The van der Waals surface area contributed by atoms with Gasteiger partial charge in [-0.1, -0.05) is 0 Å². The van der Waals surface area contributed by atoms with Gasteiger partial charge in [-0.05, 0) is 0 Å². The predicted molar refractivity (Wildman–Crippen MR) is 28.1 cm³/mol. The Bertz CT molecular complexity index is 32.5. The van der Waals surface area contributed by atoms with Gasteiger partial charge in [0.25, 0.3) is 0 Å². The molecule has 0 radical (unpaired) electrons. The molecule has 0 saturated heterocycles. The summed E-state index contributed by atoms with van der Waals surface area (Å²) in [5, 5.41) is 0. The van der Waals surface area contributed by atoms with Crippen LogP contribution in [-0.4, -0.2) is 42.0 Å². The third-order valence-corrected chi connectivity index (χ3v) is 0. The fourth-order valence-corrected chi connectivity index (χ4v) is 0. The van der Waals surface area contributed by atoms with Gasteiger partial charge in [-0.2, -0.15) is 0 Å². The summed E-state index contributed by atoms with van der Waals surface area (Å²) in [6.07, 6.45) is 0. The molecule has 0 spiro atoms. The quantitative estimate of drug-likeness (QED) is 0.350. The predicted octanol–water partition coefficient (Wildman–Crippen LogP) is -10.8. The van der Waals surface area contributed by atoms with Crippen LogP contribution in [0.25, 0.3) is 0 Å². The zero-order chi connectivity index (χ0) is 3.58. The van der Waals surface area contributed by atoms with E-state index in [9.17, 15) is 0 Å². The van der Waals surface area contributed by atoms with E-state index < -0.39 is 9.17 Å². The van der Waals surface area contributed by atoms with E-state index in [1.165, 1.54) is 0 Å². The van der Waals surface area contributed by atoms with E-state index in [0.717, 1.165) is 0 Å². The number of hydrogen-bond donors (Lipinski definition) is 0. The second-order valence-corrected chi connectivity index (χ2v) is 0.750. The van der Waals surface area contributed by atoms with Crippen LogP contribution in [-0.2, 0) is 4.46 Å². The van der Waals surface area contributed by atoms with Crippen molar-refractivity contribution in [3.05, 3.63) is 0 Å². The SMILES string of the molecule is O.O.O.O.O.O.O=[Si]([O-])[O-].[Na+]. The molecule has 0 amide bonds. The topological polar surface area (TPSA) is 252 Å². The van der Waals surface area contributed by atoms with Crippen LogP contribution in [0.15, 0.2) is 0 Å². The molecule has 0 unspecified atom stereocenters. The summed E-state index contributed by atoms with van der Waals surface area (Å²) < 4.78 is 8.52. The Morgan fingerprint density at radius 3 is 0.727 bits per heavy atom. The van der Waals surface area contributed by atoms with Gasteiger partial charge >= 0.3 is 29.6 Å². The maximum Gasteiger partial charge on any atom is 1.00 e. The first-order chi connectivity index (χ1) is 1.73. The standard InChI is InChI=1S/Na.O3Si.6H2O/c;1-4(2)3;;;;;;/h;;6*1H2/q+1;-2;;;;;;. The molecule has 0 aliphatic rings. The fourth-order valence-electron chi connectivity index (χ4n) is 0. The third kappa shape index (κ3) is 5130. The molecule has 9 nitrogen and oxygen atoms in total.